The molecule has 1 saturated heterocycles. The summed E-state index contributed by atoms with van der Waals surface area (Å²) in [5, 5.41) is 4.43. The fraction of sp³-hybridized carbons (Fsp3) is 0.370. The van der Waals surface area contributed by atoms with Crippen LogP contribution in [0.5, 0.6) is 11.5 Å². The second kappa shape index (κ2) is 9.88. The zero-order valence-electron chi connectivity index (χ0n) is 22.5. The molecule has 0 N–H and O–H groups in total. The van der Waals surface area contributed by atoms with Gasteiger partial charge in [0.1, 0.15) is 12.1 Å². The highest BCUT2D eigenvalue weighted by atomic mass is 32.2. The zero-order valence-corrected chi connectivity index (χ0v) is 23.3. The molecule has 1 fully saturated rings. The number of hydrogen-bond donors (Lipinski definition) is 0. The van der Waals surface area contributed by atoms with Crippen molar-refractivity contribution in [3.8, 4) is 22.6 Å². The van der Waals surface area contributed by atoms with E-state index in [1.807, 2.05) is 52.0 Å². The van der Waals surface area contributed by atoms with Gasteiger partial charge in [-0.05, 0) is 67.6 Å². The summed E-state index contributed by atoms with van der Waals surface area (Å²) in [6.45, 7) is 9.36. The lowest BCUT2D eigenvalue weighted by atomic mass is 10.0. The van der Waals surface area contributed by atoms with Gasteiger partial charge >= 0.3 is 0 Å². The first-order valence-corrected chi connectivity index (χ1v) is 13.8. The van der Waals surface area contributed by atoms with Crippen LogP contribution in [0.2, 0.25) is 0 Å². The van der Waals surface area contributed by atoms with Gasteiger partial charge in [0.25, 0.3) is 5.78 Å². The SMILES string of the molecule is COc1ccc(-c2cnc3ncnn3c2N2CCN(S(=O)(=O)c3c(C)c(C)cc(C)c3C)CC2)cc1OC. The molecule has 3 heterocycles. The van der Waals surface area contributed by atoms with Crippen LogP contribution in [0.4, 0.5) is 5.82 Å². The number of sulfonamides is 1. The van der Waals surface area contributed by atoms with E-state index in [0.717, 1.165) is 39.2 Å². The largest absolute Gasteiger partial charge is 0.493 e. The molecule has 0 unspecified atom stereocenters. The maximum Gasteiger partial charge on any atom is 0.254 e. The van der Waals surface area contributed by atoms with Gasteiger partial charge in [-0.15, -0.1) is 0 Å². The molecule has 11 heteroatoms. The molecule has 2 aromatic carbocycles. The minimum Gasteiger partial charge on any atom is -0.493 e. The van der Waals surface area contributed by atoms with E-state index in [-0.39, 0.29) is 0 Å². The first-order chi connectivity index (χ1) is 18.2. The minimum absolute atomic E-state index is 0.345. The Kier molecular flexibility index (Phi) is 6.74. The van der Waals surface area contributed by atoms with Gasteiger partial charge in [0.15, 0.2) is 11.5 Å². The number of aryl methyl sites for hydroxylation is 2. The summed E-state index contributed by atoms with van der Waals surface area (Å²) in [5.41, 5.74) is 5.29. The molecule has 1 aliphatic heterocycles. The van der Waals surface area contributed by atoms with Gasteiger partial charge in [-0.2, -0.15) is 18.9 Å². The second-order valence-corrected chi connectivity index (χ2v) is 11.4. The van der Waals surface area contributed by atoms with Gasteiger partial charge in [0.2, 0.25) is 10.0 Å². The summed E-state index contributed by atoms with van der Waals surface area (Å²) in [6, 6.07) is 7.73. The van der Waals surface area contributed by atoms with E-state index in [0.29, 0.717) is 48.4 Å². The summed E-state index contributed by atoms with van der Waals surface area (Å²) < 4.78 is 41.8. The molecule has 10 nitrogen and oxygen atoms in total. The Bertz CT molecular complexity index is 1600. The van der Waals surface area contributed by atoms with E-state index in [1.165, 1.54) is 6.33 Å². The molecule has 0 spiro atoms. The lowest BCUT2D eigenvalue weighted by Gasteiger charge is -2.36. The predicted octanol–water partition coefficient (Wildman–Crippen LogP) is 3.55. The van der Waals surface area contributed by atoms with Gasteiger partial charge in [0.05, 0.1) is 19.1 Å². The average Bonchev–Trinajstić information content (AvgIpc) is 3.40. The highest BCUT2D eigenvalue weighted by Crippen LogP contribution is 2.37. The highest BCUT2D eigenvalue weighted by Gasteiger charge is 2.33. The summed E-state index contributed by atoms with van der Waals surface area (Å²) in [4.78, 5) is 11.3. The Balaban J connectivity index is 1.50. The maximum atomic E-state index is 13.8. The van der Waals surface area contributed by atoms with Crippen LogP contribution in [0.25, 0.3) is 16.9 Å². The first-order valence-electron chi connectivity index (χ1n) is 12.4. The average molecular weight is 537 g/mol. The normalized spacial score (nSPS) is 14.7. The van der Waals surface area contributed by atoms with Crippen molar-refractivity contribution in [3.05, 3.63) is 59.0 Å². The second-order valence-electron chi connectivity index (χ2n) is 9.52. The molecule has 200 valence electrons. The molecule has 5 rings (SSSR count). The topological polar surface area (TPSA) is 102 Å². The summed E-state index contributed by atoms with van der Waals surface area (Å²) in [6.07, 6.45) is 3.24. The molecular weight excluding hydrogens is 504 g/mol. The monoisotopic (exact) mass is 536 g/mol. The molecular formula is C27H32N6O4S. The Morgan fingerprint density at radius 3 is 2.13 bits per heavy atom. The number of benzene rings is 2. The number of methoxy groups -OCH3 is 2. The molecule has 0 bridgehead atoms. The number of piperazine rings is 1. The van der Waals surface area contributed by atoms with Gasteiger partial charge < -0.3 is 14.4 Å². The highest BCUT2D eigenvalue weighted by molar-refractivity contribution is 7.89. The van der Waals surface area contributed by atoms with Crippen LogP contribution in [-0.2, 0) is 10.0 Å². The van der Waals surface area contributed by atoms with Crippen LogP contribution < -0.4 is 14.4 Å². The third kappa shape index (κ3) is 4.25. The number of fused-ring (bicyclic) bond motifs is 1. The molecule has 0 saturated carbocycles. The van der Waals surface area contributed by atoms with Crippen LogP contribution in [0.3, 0.4) is 0 Å². The molecule has 1 aliphatic rings. The maximum absolute atomic E-state index is 13.8. The van der Waals surface area contributed by atoms with Crippen molar-refractivity contribution in [1.29, 1.82) is 0 Å². The van der Waals surface area contributed by atoms with Crippen LogP contribution >= 0.6 is 0 Å². The third-order valence-electron chi connectivity index (χ3n) is 7.41. The number of nitrogens with zero attached hydrogens (tertiary/aromatic N) is 6. The van der Waals surface area contributed by atoms with E-state index in [1.54, 1.807) is 29.2 Å². The lowest BCUT2D eigenvalue weighted by Crippen LogP contribution is -2.49. The summed E-state index contributed by atoms with van der Waals surface area (Å²) in [5.74, 6) is 2.50. The first kappa shape index (κ1) is 25.9. The molecule has 0 amide bonds. The summed E-state index contributed by atoms with van der Waals surface area (Å²) >= 11 is 0. The molecule has 0 aliphatic carbocycles. The Labute approximate surface area is 222 Å². The fourth-order valence-corrected chi connectivity index (χ4v) is 7.11. The minimum atomic E-state index is -3.66. The zero-order chi connectivity index (χ0) is 27.2. The van der Waals surface area contributed by atoms with Crippen LogP contribution in [0.1, 0.15) is 22.3 Å². The van der Waals surface area contributed by atoms with E-state index in [2.05, 4.69) is 20.0 Å². The van der Waals surface area contributed by atoms with Crippen LogP contribution in [0, 0.1) is 27.7 Å². The van der Waals surface area contributed by atoms with Crippen molar-refractivity contribution in [2.75, 3.05) is 45.3 Å². The number of ether oxygens (including phenoxy) is 2. The van der Waals surface area contributed by atoms with E-state index >= 15 is 0 Å². The van der Waals surface area contributed by atoms with Crippen molar-refractivity contribution < 1.29 is 17.9 Å². The summed E-state index contributed by atoms with van der Waals surface area (Å²) in [7, 11) is -0.460. The molecule has 0 radical (unpaired) electrons. The van der Waals surface area contributed by atoms with Gasteiger partial charge in [-0.3, -0.25) is 0 Å². The van der Waals surface area contributed by atoms with Crippen molar-refractivity contribution in [3.63, 3.8) is 0 Å². The van der Waals surface area contributed by atoms with Gasteiger partial charge in [-0.25, -0.2) is 13.4 Å². The molecule has 0 atom stereocenters. The van der Waals surface area contributed by atoms with Crippen LogP contribution in [-0.4, -0.2) is 72.7 Å². The lowest BCUT2D eigenvalue weighted by molar-refractivity contribution is 0.355. The van der Waals surface area contributed by atoms with Crippen LogP contribution in [0.15, 0.2) is 41.7 Å². The molecule has 4 aromatic rings. The smallest absolute Gasteiger partial charge is 0.254 e. The van der Waals surface area contributed by atoms with Crippen molar-refractivity contribution in [2.24, 2.45) is 0 Å². The molecule has 2 aromatic heterocycles. The van der Waals surface area contributed by atoms with Crippen molar-refractivity contribution >= 4 is 21.6 Å². The van der Waals surface area contributed by atoms with Gasteiger partial charge in [0, 0.05) is 37.9 Å². The molecule has 38 heavy (non-hydrogen) atoms. The van der Waals surface area contributed by atoms with Gasteiger partial charge in [-0.1, -0.05) is 12.1 Å². The number of anilines is 1. The Morgan fingerprint density at radius 1 is 0.842 bits per heavy atom. The predicted molar refractivity (Wildman–Crippen MR) is 146 cm³/mol. The number of rotatable bonds is 6. The number of hydrogen-bond acceptors (Lipinski definition) is 8. The van der Waals surface area contributed by atoms with E-state index < -0.39 is 10.0 Å². The van der Waals surface area contributed by atoms with Crippen molar-refractivity contribution in [1.82, 2.24) is 23.9 Å². The van der Waals surface area contributed by atoms with Crippen molar-refractivity contribution in [2.45, 2.75) is 32.6 Å². The van der Waals surface area contributed by atoms with E-state index in [9.17, 15) is 8.42 Å². The Hall–Kier alpha value is -3.70. The standard InChI is InChI=1S/C27H32N6O4S/c1-17-13-18(2)20(4)25(19(17)3)38(34,35)32-11-9-31(10-12-32)26-22(15-28-27-29-16-30-33(26)27)21-7-8-23(36-5)24(14-21)37-6/h7-8,13-16H,9-12H2,1-6H3. The Morgan fingerprint density at radius 2 is 1.50 bits per heavy atom. The number of aromatic nitrogens is 4. The fourth-order valence-electron chi connectivity index (χ4n) is 5.12. The third-order valence-corrected chi connectivity index (χ3v) is 9.58. The quantitative estimate of drug-likeness (QED) is 0.369. The van der Waals surface area contributed by atoms with E-state index in [4.69, 9.17) is 9.47 Å².